The standard InChI is InChI=1S/C17H19ClN2O/c1-4-13-9-12(10-16(18)19-13)17(21)20-15-8-6-5-7-14(15)11(2)3/h5-11H,4H2,1-3H3,(H,20,21). The fraction of sp³-hybridized carbons (Fsp3) is 0.294. The van der Waals surface area contributed by atoms with Gasteiger partial charge in [0, 0.05) is 16.9 Å². The van der Waals surface area contributed by atoms with Crippen molar-refractivity contribution in [2.45, 2.75) is 33.1 Å². The van der Waals surface area contributed by atoms with Crippen LogP contribution in [0.25, 0.3) is 0 Å². The van der Waals surface area contributed by atoms with E-state index < -0.39 is 0 Å². The second kappa shape index (κ2) is 6.72. The van der Waals surface area contributed by atoms with Crippen molar-refractivity contribution in [1.29, 1.82) is 0 Å². The molecule has 1 N–H and O–H groups in total. The van der Waals surface area contributed by atoms with E-state index in [2.05, 4.69) is 24.1 Å². The number of anilines is 1. The molecule has 0 bridgehead atoms. The Bertz CT molecular complexity index is 653. The number of amides is 1. The molecule has 4 heteroatoms. The summed E-state index contributed by atoms with van der Waals surface area (Å²) in [6.07, 6.45) is 0.740. The van der Waals surface area contributed by atoms with Gasteiger partial charge in [0.1, 0.15) is 5.15 Å². The Kier molecular flexibility index (Phi) is 4.97. The maximum absolute atomic E-state index is 12.4. The average Bonchev–Trinajstić information content (AvgIpc) is 2.46. The number of para-hydroxylation sites is 1. The van der Waals surface area contributed by atoms with E-state index >= 15 is 0 Å². The highest BCUT2D eigenvalue weighted by molar-refractivity contribution is 6.29. The number of aromatic nitrogens is 1. The van der Waals surface area contributed by atoms with E-state index in [0.29, 0.717) is 16.6 Å². The van der Waals surface area contributed by atoms with Crippen molar-refractivity contribution in [1.82, 2.24) is 4.98 Å². The van der Waals surface area contributed by atoms with E-state index in [4.69, 9.17) is 11.6 Å². The Hall–Kier alpha value is -1.87. The Labute approximate surface area is 130 Å². The normalized spacial score (nSPS) is 10.7. The van der Waals surface area contributed by atoms with E-state index in [1.54, 1.807) is 12.1 Å². The third-order valence-corrected chi connectivity index (χ3v) is 3.50. The van der Waals surface area contributed by atoms with Crippen molar-refractivity contribution < 1.29 is 4.79 Å². The summed E-state index contributed by atoms with van der Waals surface area (Å²) in [5, 5.41) is 3.31. The van der Waals surface area contributed by atoms with Crippen LogP contribution in [0.3, 0.4) is 0 Å². The Morgan fingerprint density at radius 2 is 2.00 bits per heavy atom. The Morgan fingerprint density at radius 1 is 1.29 bits per heavy atom. The lowest BCUT2D eigenvalue weighted by atomic mass is 10.0. The first-order chi connectivity index (χ1) is 10.0. The second-order valence-electron chi connectivity index (χ2n) is 5.22. The van der Waals surface area contributed by atoms with Gasteiger partial charge in [0.05, 0.1) is 0 Å². The molecule has 2 rings (SSSR count). The van der Waals surface area contributed by atoms with Crippen LogP contribution in [0, 0.1) is 0 Å². The molecule has 1 aromatic heterocycles. The van der Waals surface area contributed by atoms with Gasteiger partial charge in [-0.25, -0.2) is 4.98 Å². The molecule has 0 saturated carbocycles. The minimum atomic E-state index is -0.165. The van der Waals surface area contributed by atoms with Gasteiger partial charge in [0.2, 0.25) is 0 Å². The first kappa shape index (κ1) is 15.5. The van der Waals surface area contributed by atoms with Crippen molar-refractivity contribution in [2.24, 2.45) is 0 Å². The van der Waals surface area contributed by atoms with E-state index in [9.17, 15) is 4.79 Å². The molecule has 0 saturated heterocycles. The van der Waals surface area contributed by atoms with Gasteiger partial charge in [-0.2, -0.15) is 0 Å². The van der Waals surface area contributed by atoms with Gasteiger partial charge < -0.3 is 5.32 Å². The zero-order chi connectivity index (χ0) is 15.4. The van der Waals surface area contributed by atoms with E-state index in [1.807, 2.05) is 31.2 Å². The van der Waals surface area contributed by atoms with E-state index in [-0.39, 0.29) is 5.91 Å². The summed E-state index contributed by atoms with van der Waals surface area (Å²) in [5.41, 5.74) is 3.29. The van der Waals surface area contributed by atoms with Crippen LogP contribution < -0.4 is 5.32 Å². The fourth-order valence-electron chi connectivity index (χ4n) is 2.17. The van der Waals surface area contributed by atoms with E-state index in [1.165, 1.54) is 0 Å². The lowest BCUT2D eigenvalue weighted by molar-refractivity contribution is 0.102. The quantitative estimate of drug-likeness (QED) is 0.834. The third-order valence-electron chi connectivity index (χ3n) is 3.30. The summed E-state index contributed by atoms with van der Waals surface area (Å²) in [6.45, 7) is 6.18. The zero-order valence-corrected chi connectivity index (χ0v) is 13.2. The smallest absolute Gasteiger partial charge is 0.255 e. The van der Waals surface area contributed by atoms with Crippen molar-refractivity contribution in [3.05, 3.63) is 58.4 Å². The number of nitrogens with zero attached hydrogens (tertiary/aromatic N) is 1. The third kappa shape index (κ3) is 3.82. The van der Waals surface area contributed by atoms with Crippen LogP contribution in [0.15, 0.2) is 36.4 Å². The molecular formula is C17H19ClN2O. The molecule has 110 valence electrons. The van der Waals surface area contributed by atoms with Gasteiger partial charge in [-0.05, 0) is 36.1 Å². The summed E-state index contributed by atoms with van der Waals surface area (Å²) in [6, 6.07) is 11.2. The number of rotatable bonds is 4. The molecule has 1 heterocycles. The summed E-state index contributed by atoms with van der Waals surface area (Å²) in [4.78, 5) is 16.6. The van der Waals surface area contributed by atoms with Gasteiger partial charge in [-0.1, -0.05) is 50.6 Å². The molecule has 0 atom stereocenters. The second-order valence-corrected chi connectivity index (χ2v) is 5.61. The van der Waals surface area contributed by atoms with Crippen LogP contribution in [-0.4, -0.2) is 10.9 Å². The van der Waals surface area contributed by atoms with Crippen LogP contribution in [-0.2, 0) is 6.42 Å². The monoisotopic (exact) mass is 302 g/mol. The van der Waals surface area contributed by atoms with Crippen molar-refractivity contribution >= 4 is 23.2 Å². The predicted octanol–water partition coefficient (Wildman–Crippen LogP) is 4.67. The van der Waals surface area contributed by atoms with Crippen LogP contribution in [0.5, 0.6) is 0 Å². The Morgan fingerprint density at radius 3 is 2.67 bits per heavy atom. The Balaban J connectivity index is 2.28. The summed E-state index contributed by atoms with van der Waals surface area (Å²) in [5.74, 6) is 0.177. The largest absolute Gasteiger partial charge is 0.322 e. The van der Waals surface area contributed by atoms with Crippen LogP contribution in [0.4, 0.5) is 5.69 Å². The number of carbonyl (C=O) groups is 1. The topological polar surface area (TPSA) is 42.0 Å². The molecule has 0 unspecified atom stereocenters. The number of pyridine rings is 1. The SMILES string of the molecule is CCc1cc(C(=O)Nc2ccccc2C(C)C)cc(Cl)n1. The molecule has 21 heavy (non-hydrogen) atoms. The first-order valence-electron chi connectivity index (χ1n) is 7.08. The summed E-state index contributed by atoms with van der Waals surface area (Å²) in [7, 11) is 0. The highest BCUT2D eigenvalue weighted by Gasteiger charge is 2.12. The lowest BCUT2D eigenvalue weighted by Crippen LogP contribution is -2.14. The number of hydrogen-bond donors (Lipinski definition) is 1. The summed E-state index contributed by atoms with van der Waals surface area (Å²) < 4.78 is 0. The minimum Gasteiger partial charge on any atom is -0.322 e. The average molecular weight is 303 g/mol. The first-order valence-corrected chi connectivity index (χ1v) is 7.45. The molecular weight excluding hydrogens is 284 g/mol. The summed E-state index contributed by atoms with van der Waals surface area (Å²) >= 11 is 5.97. The molecule has 3 nitrogen and oxygen atoms in total. The maximum atomic E-state index is 12.4. The predicted molar refractivity (Wildman–Crippen MR) is 87.1 cm³/mol. The van der Waals surface area contributed by atoms with Crippen LogP contribution >= 0.6 is 11.6 Å². The van der Waals surface area contributed by atoms with Crippen molar-refractivity contribution in [2.75, 3.05) is 5.32 Å². The number of carbonyl (C=O) groups excluding carboxylic acids is 1. The molecule has 2 aromatic rings. The molecule has 1 amide bonds. The van der Waals surface area contributed by atoms with Gasteiger partial charge >= 0.3 is 0 Å². The van der Waals surface area contributed by atoms with Gasteiger partial charge in [-0.15, -0.1) is 0 Å². The highest BCUT2D eigenvalue weighted by Crippen LogP contribution is 2.24. The molecule has 0 fully saturated rings. The fourth-order valence-corrected chi connectivity index (χ4v) is 2.40. The molecule has 0 aliphatic heterocycles. The van der Waals surface area contributed by atoms with Gasteiger partial charge in [0.15, 0.2) is 0 Å². The number of benzene rings is 1. The number of hydrogen-bond acceptors (Lipinski definition) is 2. The highest BCUT2D eigenvalue weighted by atomic mass is 35.5. The van der Waals surface area contributed by atoms with Crippen molar-refractivity contribution in [3.8, 4) is 0 Å². The van der Waals surface area contributed by atoms with Gasteiger partial charge in [-0.3, -0.25) is 4.79 Å². The molecule has 0 radical (unpaired) electrons. The number of aryl methyl sites for hydroxylation is 1. The lowest BCUT2D eigenvalue weighted by Gasteiger charge is -2.14. The minimum absolute atomic E-state index is 0.165. The zero-order valence-electron chi connectivity index (χ0n) is 12.5. The maximum Gasteiger partial charge on any atom is 0.255 e. The molecule has 0 aliphatic rings. The molecule has 1 aromatic carbocycles. The number of halogens is 1. The van der Waals surface area contributed by atoms with E-state index in [0.717, 1.165) is 23.4 Å². The van der Waals surface area contributed by atoms with Crippen molar-refractivity contribution in [3.63, 3.8) is 0 Å². The molecule has 0 spiro atoms. The van der Waals surface area contributed by atoms with Gasteiger partial charge in [0.25, 0.3) is 5.91 Å². The number of nitrogens with one attached hydrogen (secondary N) is 1. The van der Waals surface area contributed by atoms with Crippen LogP contribution in [0.1, 0.15) is 48.3 Å². The molecule has 0 aliphatic carbocycles. The van der Waals surface area contributed by atoms with Crippen LogP contribution in [0.2, 0.25) is 5.15 Å².